The van der Waals surface area contributed by atoms with Gasteiger partial charge in [0.2, 0.25) is 5.91 Å². The monoisotopic (exact) mass is 268 g/mol. The van der Waals surface area contributed by atoms with Gasteiger partial charge in [-0.2, -0.15) is 0 Å². The number of hydrogen-bond acceptors (Lipinski definition) is 3. The minimum atomic E-state index is -0.859. The van der Waals surface area contributed by atoms with E-state index in [0.29, 0.717) is 18.9 Å². The van der Waals surface area contributed by atoms with Crippen LogP contribution in [0, 0.1) is 11.8 Å². The minimum absolute atomic E-state index is 0.0210. The van der Waals surface area contributed by atoms with Gasteiger partial charge in [0.15, 0.2) is 0 Å². The lowest BCUT2D eigenvalue weighted by Gasteiger charge is -2.38. The quantitative estimate of drug-likeness (QED) is 0.804. The van der Waals surface area contributed by atoms with Gasteiger partial charge in [-0.3, -0.25) is 4.79 Å². The number of nitrogens with zero attached hydrogens (tertiary/aromatic N) is 1. The number of piperidine rings is 2. The molecule has 2 heterocycles. The van der Waals surface area contributed by atoms with Crippen molar-refractivity contribution in [2.45, 2.75) is 45.1 Å². The van der Waals surface area contributed by atoms with Crippen molar-refractivity contribution in [1.82, 2.24) is 10.2 Å². The number of nitrogens with one attached hydrogen (secondary N) is 1. The number of amides is 1. The largest absolute Gasteiger partial charge is 0.480 e. The van der Waals surface area contributed by atoms with Gasteiger partial charge in [-0.25, -0.2) is 4.79 Å². The molecule has 5 nitrogen and oxygen atoms in total. The number of rotatable bonds is 3. The summed E-state index contributed by atoms with van der Waals surface area (Å²) in [6, 6.07) is -0.627. The van der Waals surface area contributed by atoms with E-state index in [1.54, 1.807) is 4.90 Å². The molecule has 2 N–H and O–H groups in total. The maximum atomic E-state index is 12.4. The second-order valence-electron chi connectivity index (χ2n) is 5.91. The fraction of sp³-hybridized carbons (Fsp3) is 0.857. The fourth-order valence-electron chi connectivity index (χ4n) is 3.31. The first-order valence-corrected chi connectivity index (χ1v) is 7.32. The zero-order valence-electron chi connectivity index (χ0n) is 11.6. The van der Waals surface area contributed by atoms with Crippen molar-refractivity contribution in [2.24, 2.45) is 11.8 Å². The van der Waals surface area contributed by atoms with E-state index in [0.717, 1.165) is 38.8 Å². The maximum absolute atomic E-state index is 12.4. The van der Waals surface area contributed by atoms with Crippen LogP contribution in [-0.2, 0) is 9.59 Å². The molecule has 0 spiro atoms. The van der Waals surface area contributed by atoms with E-state index in [-0.39, 0.29) is 11.8 Å². The summed E-state index contributed by atoms with van der Waals surface area (Å²) in [6.45, 7) is 4.44. The summed E-state index contributed by atoms with van der Waals surface area (Å²) in [4.78, 5) is 25.3. The Hall–Kier alpha value is -1.10. The second kappa shape index (κ2) is 6.37. The Bertz CT molecular complexity index is 340. The molecule has 0 aromatic carbocycles. The highest BCUT2D eigenvalue weighted by molar-refractivity contribution is 5.84. The van der Waals surface area contributed by atoms with Crippen molar-refractivity contribution in [3.63, 3.8) is 0 Å². The van der Waals surface area contributed by atoms with Crippen LogP contribution in [0.25, 0.3) is 0 Å². The Morgan fingerprint density at radius 1 is 1.32 bits per heavy atom. The topological polar surface area (TPSA) is 69.6 Å². The van der Waals surface area contributed by atoms with E-state index < -0.39 is 12.0 Å². The van der Waals surface area contributed by atoms with Gasteiger partial charge in [0.1, 0.15) is 6.04 Å². The fourth-order valence-corrected chi connectivity index (χ4v) is 3.31. The van der Waals surface area contributed by atoms with Gasteiger partial charge < -0.3 is 15.3 Å². The molecule has 2 saturated heterocycles. The molecule has 2 rings (SSSR count). The molecule has 0 aromatic heterocycles. The molecular formula is C14H24N2O3. The van der Waals surface area contributed by atoms with E-state index in [1.807, 2.05) is 6.92 Å². The number of carboxylic acids is 1. The average Bonchev–Trinajstić information content (AvgIpc) is 2.39. The number of likely N-dealkylation sites (tertiary alicyclic amines) is 1. The molecule has 2 fully saturated rings. The molecular weight excluding hydrogens is 244 g/mol. The SMILES string of the molecule is CC1CCCN(C(=O)CC2CCCNC2)C1C(=O)O. The Balaban J connectivity index is 1.97. The highest BCUT2D eigenvalue weighted by Gasteiger charge is 2.37. The summed E-state index contributed by atoms with van der Waals surface area (Å²) in [6.07, 6.45) is 4.48. The molecule has 5 heteroatoms. The molecule has 2 aliphatic rings. The average molecular weight is 268 g/mol. The molecule has 0 aromatic rings. The third-order valence-electron chi connectivity index (χ3n) is 4.37. The lowest BCUT2D eigenvalue weighted by atomic mass is 9.89. The Morgan fingerprint density at radius 3 is 2.74 bits per heavy atom. The van der Waals surface area contributed by atoms with Gasteiger partial charge in [-0.05, 0) is 50.6 Å². The lowest BCUT2D eigenvalue weighted by Crippen LogP contribution is -2.52. The standard InChI is InChI=1S/C14H24N2O3/c1-10-4-3-7-16(13(10)14(18)19)12(17)8-11-5-2-6-15-9-11/h10-11,13,15H,2-9H2,1H3,(H,18,19). The molecule has 1 amide bonds. The van der Waals surface area contributed by atoms with Gasteiger partial charge in [-0.1, -0.05) is 6.92 Å². The first kappa shape index (κ1) is 14.3. The van der Waals surface area contributed by atoms with Crippen LogP contribution >= 0.6 is 0 Å². The highest BCUT2D eigenvalue weighted by Crippen LogP contribution is 2.25. The van der Waals surface area contributed by atoms with Crippen LogP contribution in [0.4, 0.5) is 0 Å². The van der Waals surface area contributed by atoms with E-state index in [9.17, 15) is 14.7 Å². The molecule has 0 saturated carbocycles. The molecule has 0 radical (unpaired) electrons. The normalized spacial score (nSPS) is 32.1. The molecule has 3 unspecified atom stereocenters. The first-order chi connectivity index (χ1) is 9.09. The molecule has 0 bridgehead atoms. The summed E-state index contributed by atoms with van der Waals surface area (Å²) >= 11 is 0. The minimum Gasteiger partial charge on any atom is -0.480 e. The van der Waals surface area contributed by atoms with Crippen LogP contribution in [0.15, 0.2) is 0 Å². The third-order valence-corrected chi connectivity index (χ3v) is 4.37. The predicted molar refractivity (Wildman–Crippen MR) is 71.7 cm³/mol. The van der Waals surface area contributed by atoms with Gasteiger partial charge in [-0.15, -0.1) is 0 Å². The van der Waals surface area contributed by atoms with Crippen LogP contribution in [0.2, 0.25) is 0 Å². The van der Waals surface area contributed by atoms with Crippen LogP contribution in [0.3, 0.4) is 0 Å². The van der Waals surface area contributed by atoms with Crippen molar-refractivity contribution in [1.29, 1.82) is 0 Å². The van der Waals surface area contributed by atoms with E-state index >= 15 is 0 Å². The number of carboxylic acid groups (broad SMARTS) is 1. The number of aliphatic carboxylic acids is 1. The zero-order chi connectivity index (χ0) is 13.8. The third kappa shape index (κ3) is 3.47. The summed E-state index contributed by atoms with van der Waals surface area (Å²) in [5.74, 6) is -0.414. The summed E-state index contributed by atoms with van der Waals surface area (Å²) in [7, 11) is 0. The first-order valence-electron chi connectivity index (χ1n) is 7.32. The Kier molecular flexibility index (Phi) is 4.80. The van der Waals surface area contributed by atoms with Crippen molar-refractivity contribution >= 4 is 11.9 Å². The van der Waals surface area contributed by atoms with Gasteiger partial charge >= 0.3 is 5.97 Å². The van der Waals surface area contributed by atoms with E-state index in [4.69, 9.17) is 0 Å². The summed E-state index contributed by atoms with van der Waals surface area (Å²) in [5, 5.41) is 12.6. The number of carbonyl (C=O) groups excluding carboxylic acids is 1. The molecule has 108 valence electrons. The van der Waals surface area contributed by atoms with E-state index in [2.05, 4.69) is 5.32 Å². The van der Waals surface area contributed by atoms with Crippen LogP contribution in [0.1, 0.15) is 39.0 Å². The van der Waals surface area contributed by atoms with Crippen molar-refractivity contribution in [3.05, 3.63) is 0 Å². The zero-order valence-corrected chi connectivity index (χ0v) is 11.6. The van der Waals surface area contributed by atoms with Crippen LogP contribution in [-0.4, -0.2) is 47.6 Å². The van der Waals surface area contributed by atoms with Crippen molar-refractivity contribution < 1.29 is 14.7 Å². The lowest BCUT2D eigenvalue weighted by molar-refractivity contribution is -0.155. The second-order valence-corrected chi connectivity index (χ2v) is 5.91. The maximum Gasteiger partial charge on any atom is 0.326 e. The molecule has 2 aliphatic heterocycles. The van der Waals surface area contributed by atoms with Crippen LogP contribution in [0.5, 0.6) is 0 Å². The summed E-state index contributed by atoms with van der Waals surface area (Å²) in [5.41, 5.74) is 0. The van der Waals surface area contributed by atoms with Crippen LogP contribution < -0.4 is 5.32 Å². The van der Waals surface area contributed by atoms with E-state index in [1.165, 1.54) is 0 Å². The van der Waals surface area contributed by atoms with Gasteiger partial charge in [0.25, 0.3) is 0 Å². The molecule has 0 aliphatic carbocycles. The van der Waals surface area contributed by atoms with Crippen molar-refractivity contribution in [2.75, 3.05) is 19.6 Å². The predicted octanol–water partition coefficient (Wildman–Crippen LogP) is 1.09. The molecule has 3 atom stereocenters. The Morgan fingerprint density at radius 2 is 2.11 bits per heavy atom. The Labute approximate surface area is 114 Å². The van der Waals surface area contributed by atoms with Gasteiger partial charge in [0.05, 0.1) is 0 Å². The summed E-state index contributed by atoms with van der Waals surface area (Å²) < 4.78 is 0. The number of carbonyl (C=O) groups is 2. The smallest absolute Gasteiger partial charge is 0.326 e. The van der Waals surface area contributed by atoms with Crippen molar-refractivity contribution in [3.8, 4) is 0 Å². The highest BCUT2D eigenvalue weighted by atomic mass is 16.4. The van der Waals surface area contributed by atoms with Gasteiger partial charge in [0, 0.05) is 13.0 Å². The number of hydrogen-bond donors (Lipinski definition) is 2. The molecule has 19 heavy (non-hydrogen) atoms.